The van der Waals surface area contributed by atoms with Crippen LogP contribution in [0.25, 0.3) is 27.6 Å². The molecule has 0 aliphatic carbocycles. The fourth-order valence-corrected chi connectivity index (χ4v) is 10.0. The number of benzene rings is 5. The van der Waals surface area contributed by atoms with E-state index in [9.17, 15) is 0 Å². The second-order valence-corrected chi connectivity index (χ2v) is 16.8. The Hall–Kier alpha value is -6.20. The van der Waals surface area contributed by atoms with Crippen molar-refractivity contribution in [3.63, 3.8) is 0 Å². The van der Waals surface area contributed by atoms with Gasteiger partial charge in [-0.05, 0) is 70.8 Å². The third-order valence-corrected chi connectivity index (χ3v) is 12.8. The second kappa shape index (κ2) is 10.5. The summed E-state index contributed by atoms with van der Waals surface area (Å²) in [5, 5.41) is 2.50. The van der Waals surface area contributed by atoms with Crippen molar-refractivity contribution in [2.45, 2.75) is 57.8 Å². The van der Waals surface area contributed by atoms with Gasteiger partial charge in [0.25, 0.3) is 0 Å². The molecule has 11 rings (SSSR count). The van der Waals surface area contributed by atoms with Crippen LogP contribution in [0, 0.1) is 0 Å². The van der Waals surface area contributed by atoms with E-state index < -0.39 is 0 Å². The minimum absolute atomic E-state index is 0.168. The molecule has 0 radical (unpaired) electrons. The van der Waals surface area contributed by atoms with Crippen LogP contribution in [-0.2, 0) is 16.2 Å². The normalized spacial score (nSPS) is 16.7. The van der Waals surface area contributed by atoms with Crippen LogP contribution in [-0.4, -0.2) is 14.5 Å². The molecule has 3 aliphatic rings. The van der Waals surface area contributed by atoms with Crippen molar-refractivity contribution in [2.75, 3.05) is 9.80 Å². The van der Waals surface area contributed by atoms with Crippen molar-refractivity contribution >= 4 is 56.1 Å². The first-order chi connectivity index (χ1) is 26.1. The SMILES string of the molecule is CC1(C)c2ccccc2N(c2ccc3c4cccc5c4n(c3c2)-c2ncccc2C5(C)C)c2cc(N3c4ccccc4C(C)(C)c4cccnc43)ccc21. The summed E-state index contributed by atoms with van der Waals surface area (Å²) >= 11 is 0. The number of aromatic nitrogens is 3. The molecule has 5 heteroatoms. The molecule has 0 saturated carbocycles. The molecule has 0 atom stereocenters. The minimum Gasteiger partial charge on any atom is -0.310 e. The highest BCUT2D eigenvalue weighted by atomic mass is 15.2. The van der Waals surface area contributed by atoms with Gasteiger partial charge in [-0.25, -0.2) is 9.97 Å². The molecule has 0 N–H and O–H groups in total. The van der Waals surface area contributed by atoms with Gasteiger partial charge in [-0.1, -0.05) is 120 Å². The molecule has 0 fully saturated rings. The zero-order chi connectivity index (χ0) is 36.7. The molecule has 8 aromatic rings. The highest BCUT2D eigenvalue weighted by molar-refractivity contribution is 6.12. The minimum atomic E-state index is -0.220. The van der Waals surface area contributed by atoms with Gasteiger partial charge in [0.1, 0.15) is 11.6 Å². The van der Waals surface area contributed by atoms with E-state index >= 15 is 0 Å². The zero-order valence-corrected chi connectivity index (χ0v) is 31.5. The van der Waals surface area contributed by atoms with Crippen LogP contribution in [0.5, 0.6) is 0 Å². The summed E-state index contributed by atoms with van der Waals surface area (Å²) in [6.45, 7) is 14.0. The number of anilines is 6. The first-order valence-corrected chi connectivity index (χ1v) is 19.0. The molecule has 3 aromatic heterocycles. The number of pyridine rings is 2. The summed E-state index contributed by atoms with van der Waals surface area (Å²) in [6.07, 6.45) is 3.85. The molecule has 0 amide bonds. The van der Waals surface area contributed by atoms with E-state index in [0.717, 1.165) is 28.5 Å². The quantitative estimate of drug-likeness (QED) is 0.180. The summed E-state index contributed by atoms with van der Waals surface area (Å²) < 4.78 is 2.41. The third-order valence-electron chi connectivity index (χ3n) is 12.8. The van der Waals surface area contributed by atoms with E-state index in [1.54, 1.807) is 0 Å². The summed E-state index contributed by atoms with van der Waals surface area (Å²) in [4.78, 5) is 14.9. The van der Waals surface area contributed by atoms with E-state index in [1.807, 2.05) is 12.4 Å². The maximum atomic E-state index is 5.04. The molecule has 5 nitrogen and oxygen atoms in total. The third kappa shape index (κ3) is 3.89. The summed E-state index contributed by atoms with van der Waals surface area (Å²) in [6, 6.07) is 47.2. The number of rotatable bonds is 2. The standard InChI is InChI=1S/C49H41N5/c1-47(2)34-15-7-9-20-40(34)52(30-22-24-32-33-14-11-17-37-44(33)54(42(32)28-30)46-39(49(37,5)6)19-13-27-51-46)43-29-31(23-25-36(43)47)53-41-21-10-8-16-35(41)48(3,4)38-18-12-26-50-45(38)53/h7-29H,1-6H3. The number of para-hydroxylation sites is 3. The Morgan fingerprint density at radius 2 is 0.944 bits per heavy atom. The lowest BCUT2D eigenvalue weighted by molar-refractivity contribution is 0.624. The monoisotopic (exact) mass is 699 g/mol. The lowest BCUT2D eigenvalue weighted by Gasteiger charge is -2.44. The first kappa shape index (κ1) is 31.3. The predicted molar refractivity (Wildman–Crippen MR) is 222 cm³/mol. The lowest BCUT2D eigenvalue weighted by atomic mass is 9.73. The number of fused-ring (bicyclic) bond motifs is 9. The average molecular weight is 700 g/mol. The van der Waals surface area contributed by atoms with E-state index in [1.165, 1.54) is 66.7 Å². The summed E-state index contributed by atoms with van der Waals surface area (Å²) in [5.41, 5.74) is 15.3. The van der Waals surface area contributed by atoms with Crippen LogP contribution in [0.3, 0.4) is 0 Å². The smallest absolute Gasteiger partial charge is 0.141 e. The van der Waals surface area contributed by atoms with Crippen molar-refractivity contribution in [3.05, 3.63) is 173 Å². The van der Waals surface area contributed by atoms with Crippen LogP contribution in [0.15, 0.2) is 140 Å². The molecule has 262 valence electrons. The second-order valence-electron chi connectivity index (χ2n) is 16.8. The number of hydrogen-bond acceptors (Lipinski definition) is 4. The Kier molecular flexibility index (Phi) is 6.08. The van der Waals surface area contributed by atoms with Gasteiger partial charge in [0, 0.05) is 61.9 Å². The fourth-order valence-electron chi connectivity index (χ4n) is 10.0. The Bertz CT molecular complexity index is 2840. The molecule has 0 unspecified atom stereocenters. The van der Waals surface area contributed by atoms with Crippen molar-refractivity contribution in [1.82, 2.24) is 14.5 Å². The molecule has 0 bridgehead atoms. The largest absolute Gasteiger partial charge is 0.310 e. The summed E-state index contributed by atoms with van der Waals surface area (Å²) in [7, 11) is 0. The predicted octanol–water partition coefficient (Wildman–Crippen LogP) is 12.4. The van der Waals surface area contributed by atoms with Gasteiger partial charge in [-0.15, -0.1) is 0 Å². The van der Waals surface area contributed by atoms with Gasteiger partial charge in [-0.3, -0.25) is 9.47 Å². The van der Waals surface area contributed by atoms with E-state index in [-0.39, 0.29) is 16.2 Å². The Labute approximate surface area is 316 Å². The maximum Gasteiger partial charge on any atom is 0.141 e. The Balaban J connectivity index is 1.18. The van der Waals surface area contributed by atoms with E-state index in [2.05, 4.69) is 183 Å². The van der Waals surface area contributed by atoms with Crippen LogP contribution in [0.1, 0.15) is 74.9 Å². The average Bonchev–Trinajstić information content (AvgIpc) is 3.52. The zero-order valence-electron chi connectivity index (χ0n) is 31.5. The topological polar surface area (TPSA) is 37.2 Å². The van der Waals surface area contributed by atoms with Crippen LogP contribution < -0.4 is 9.80 Å². The van der Waals surface area contributed by atoms with Crippen molar-refractivity contribution in [2.24, 2.45) is 0 Å². The van der Waals surface area contributed by atoms with Crippen LogP contribution >= 0.6 is 0 Å². The van der Waals surface area contributed by atoms with Crippen molar-refractivity contribution in [3.8, 4) is 5.82 Å². The fraction of sp³-hybridized carbons (Fsp3) is 0.184. The number of hydrogen-bond donors (Lipinski definition) is 0. The molecule has 0 saturated heterocycles. The van der Waals surface area contributed by atoms with Gasteiger partial charge in [0.15, 0.2) is 0 Å². The highest BCUT2D eigenvalue weighted by Gasteiger charge is 2.41. The van der Waals surface area contributed by atoms with Gasteiger partial charge >= 0.3 is 0 Å². The first-order valence-electron chi connectivity index (χ1n) is 19.0. The molecular weight excluding hydrogens is 659 g/mol. The molecule has 54 heavy (non-hydrogen) atoms. The Morgan fingerprint density at radius 1 is 0.407 bits per heavy atom. The molecule has 6 heterocycles. The van der Waals surface area contributed by atoms with Crippen LogP contribution in [0.4, 0.5) is 34.3 Å². The summed E-state index contributed by atoms with van der Waals surface area (Å²) in [5.74, 6) is 1.99. The van der Waals surface area contributed by atoms with Gasteiger partial charge < -0.3 is 4.90 Å². The van der Waals surface area contributed by atoms with E-state index in [0.29, 0.717) is 0 Å². The van der Waals surface area contributed by atoms with Gasteiger partial charge in [-0.2, -0.15) is 0 Å². The highest BCUT2D eigenvalue weighted by Crippen LogP contribution is 2.56. The lowest BCUT2D eigenvalue weighted by Crippen LogP contribution is -2.32. The van der Waals surface area contributed by atoms with Crippen LogP contribution in [0.2, 0.25) is 0 Å². The number of nitrogens with zero attached hydrogens (tertiary/aromatic N) is 5. The molecule has 5 aromatic carbocycles. The Morgan fingerprint density at radius 3 is 1.69 bits per heavy atom. The van der Waals surface area contributed by atoms with Gasteiger partial charge in [0.2, 0.25) is 0 Å². The van der Waals surface area contributed by atoms with E-state index in [4.69, 9.17) is 9.97 Å². The maximum absolute atomic E-state index is 5.04. The van der Waals surface area contributed by atoms with Crippen molar-refractivity contribution in [1.29, 1.82) is 0 Å². The van der Waals surface area contributed by atoms with Gasteiger partial charge in [0.05, 0.1) is 28.1 Å². The molecule has 0 spiro atoms. The van der Waals surface area contributed by atoms with Crippen molar-refractivity contribution < 1.29 is 0 Å². The molecule has 3 aliphatic heterocycles. The molecular formula is C49H41N5.